The van der Waals surface area contributed by atoms with Gasteiger partial charge in [0.25, 0.3) is 0 Å². The largest absolute Gasteiger partial charge is 0.310 e. The Morgan fingerprint density at radius 2 is 0.561 bits per heavy atom. The third kappa shape index (κ3) is 8.45. The lowest BCUT2D eigenvalue weighted by Crippen LogP contribution is -2.12. The lowest BCUT2D eigenvalue weighted by Gasteiger charge is -2.29. The van der Waals surface area contributed by atoms with E-state index in [2.05, 4.69) is 337 Å². The van der Waals surface area contributed by atoms with E-state index >= 15 is 0 Å². The van der Waals surface area contributed by atoms with Crippen molar-refractivity contribution < 1.29 is 0 Å². The van der Waals surface area contributed by atoms with Gasteiger partial charge in [0.15, 0.2) is 0 Å². The van der Waals surface area contributed by atoms with Crippen molar-refractivity contribution in [3.63, 3.8) is 0 Å². The molecule has 0 spiro atoms. The van der Waals surface area contributed by atoms with Crippen LogP contribution in [-0.4, -0.2) is 4.57 Å². The second-order valence-electron chi connectivity index (χ2n) is 21.1. The maximum absolute atomic E-state index is 2.46. The van der Waals surface area contributed by atoms with Gasteiger partial charge < -0.3 is 9.47 Å². The molecule has 0 amide bonds. The molecule has 1 heterocycles. The molecule has 2 heteroatoms. The Morgan fingerprint density at radius 1 is 0.195 bits per heavy atom. The highest BCUT2D eigenvalue weighted by Gasteiger charge is 2.23. The average Bonchev–Trinajstić information content (AvgIpc) is 4.09. The number of aromatic nitrogens is 1. The zero-order chi connectivity index (χ0) is 54.3. The van der Waals surface area contributed by atoms with Crippen LogP contribution in [0.2, 0.25) is 0 Å². The number of para-hydroxylation sites is 4. The van der Waals surface area contributed by atoms with Crippen molar-refractivity contribution in [3.05, 3.63) is 328 Å². The Labute approximate surface area is 478 Å². The first-order valence-electron chi connectivity index (χ1n) is 28.2. The van der Waals surface area contributed by atoms with Crippen LogP contribution in [0.5, 0.6) is 0 Å². The second kappa shape index (κ2) is 20.8. The Hall–Kier alpha value is -10.8. The minimum Gasteiger partial charge on any atom is -0.310 e. The summed E-state index contributed by atoms with van der Waals surface area (Å²) in [7, 11) is 0. The van der Waals surface area contributed by atoms with Crippen molar-refractivity contribution in [2.24, 2.45) is 0 Å². The summed E-state index contributed by atoms with van der Waals surface area (Å²) in [6.45, 7) is 0. The SMILES string of the molecule is c1ccc(-c2ccccc2-c2cccc3c(-c4ccc(N(c5cccc(-c6cccc7c(-c8ccccc8-c8ccccc8)cccc67)c5)c5ccccc5-c5ccccc5-n5c6ccccc6c6ccccc65)cc4)cccc23)cc1. The predicted molar refractivity (Wildman–Crippen MR) is 349 cm³/mol. The van der Waals surface area contributed by atoms with Crippen LogP contribution < -0.4 is 4.90 Å². The highest BCUT2D eigenvalue weighted by Crippen LogP contribution is 2.47. The molecule has 0 aliphatic heterocycles. The summed E-state index contributed by atoms with van der Waals surface area (Å²) in [6.07, 6.45) is 0. The van der Waals surface area contributed by atoms with Crippen molar-refractivity contribution >= 4 is 60.4 Å². The molecule has 15 aromatic rings. The summed E-state index contributed by atoms with van der Waals surface area (Å²) < 4.78 is 2.44. The zero-order valence-corrected chi connectivity index (χ0v) is 45.1. The van der Waals surface area contributed by atoms with Crippen LogP contribution in [-0.2, 0) is 0 Å². The van der Waals surface area contributed by atoms with Crippen LogP contribution in [0.4, 0.5) is 17.1 Å². The van der Waals surface area contributed by atoms with Gasteiger partial charge in [-0.2, -0.15) is 0 Å². The highest BCUT2D eigenvalue weighted by atomic mass is 15.1. The molecule has 0 aliphatic rings. The Kier molecular flexibility index (Phi) is 12.2. The zero-order valence-electron chi connectivity index (χ0n) is 45.1. The maximum Gasteiger partial charge on any atom is 0.0541 e. The number of rotatable bonds is 11. The van der Waals surface area contributed by atoms with Gasteiger partial charge in [0.05, 0.1) is 22.4 Å². The lowest BCUT2D eigenvalue weighted by molar-refractivity contribution is 1.18. The number of anilines is 3. The van der Waals surface area contributed by atoms with E-state index in [4.69, 9.17) is 0 Å². The molecule has 14 aromatic carbocycles. The molecule has 0 radical (unpaired) electrons. The lowest BCUT2D eigenvalue weighted by atomic mass is 9.89. The van der Waals surface area contributed by atoms with E-state index in [-0.39, 0.29) is 0 Å². The van der Waals surface area contributed by atoms with Crippen molar-refractivity contribution in [1.29, 1.82) is 0 Å². The predicted octanol–water partition coefficient (Wildman–Crippen LogP) is 22.2. The first-order chi connectivity index (χ1) is 40.7. The maximum atomic E-state index is 2.46. The Bertz CT molecular complexity index is 4800. The molecule has 0 N–H and O–H groups in total. The van der Waals surface area contributed by atoms with E-state index in [0.29, 0.717) is 0 Å². The van der Waals surface area contributed by atoms with Crippen LogP contribution in [0.15, 0.2) is 328 Å². The number of fused-ring (bicyclic) bond motifs is 5. The molecule has 0 atom stereocenters. The topological polar surface area (TPSA) is 8.17 Å². The summed E-state index contributed by atoms with van der Waals surface area (Å²) in [6, 6.07) is 120. The molecule has 384 valence electrons. The summed E-state index contributed by atoms with van der Waals surface area (Å²) >= 11 is 0. The van der Waals surface area contributed by atoms with Crippen LogP contribution in [0.1, 0.15) is 0 Å². The fourth-order valence-corrected chi connectivity index (χ4v) is 12.8. The van der Waals surface area contributed by atoms with E-state index in [0.717, 1.165) is 45.0 Å². The molecule has 0 unspecified atom stereocenters. The Balaban J connectivity index is 0.892. The summed E-state index contributed by atoms with van der Waals surface area (Å²) in [4.78, 5) is 2.46. The standard InChI is InChI=1S/C80H54N2/c1-3-24-55(25-4-1)61-30-7-9-32-65(61)69-44-22-40-67-63(38-20-42-71(67)69)57-50-52-59(53-51-57)81(77-46-15-11-34-73(77)74-35-12-16-47-78(74)82-79-48-17-13-36-75(79)76-37-14-18-49-80(76)82)60-29-19-28-58(54-60)64-39-21-43-72-68(64)41-23-45-70(72)66-33-10-8-31-62(66)56-26-5-2-6-27-56/h1-54H. The van der Waals surface area contributed by atoms with Gasteiger partial charge in [-0.3, -0.25) is 0 Å². The van der Waals surface area contributed by atoms with Crippen LogP contribution in [0, 0.1) is 0 Å². The van der Waals surface area contributed by atoms with Crippen molar-refractivity contribution in [2.45, 2.75) is 0 Å². The fourth-order valence-electron chi connectivity index (χ4n) is 12.8. The fraction of sp³-hybridized carbons (Fsp3) is 0. The van der Waals surface area contributed by atoms with Gasteiger partial charge in [-0.05, 0) is 137 Å². The Morgan fingerprint density at radius 3 is 1.12 bits per heavy atom. The molecule has 0 aliphatic carbocycles. The van der Waals surface area contributed by atoms with Gasteiger partial charge in [-0.25, -0.2) is 0 Å². The smallest absolute Gasteiger partial charge is 0.0541 e. The molecule has 0 fully saturated rings. The molecular weight excluding hydrogens is 989 g/mol. The normalized spacial score (nSPS) is 11.4. The minimum absolute atomic E-state index is 1.05. The van der Waals surface area contributed by atoms with E-state index in [1.165, 1.54) is 99.0 Å². The van der Waals surface area contributed by atoms with E-state index < -0.39 is 0 Å². The van der Waals surface area contributed by atoms with Crippen LogP contribution in [0.25, 0.3) is 127 Å². The van der Waals surface area contributed by atoms with Gasteiger partial charge in [0.2, 0.25) is 0 Å². The third-order valence-electron chi connectivity index (χ3n) is 16.5. The average molecular weight is 1040 g/mol. The van der Waals surface area contributed by atoms with E-state index in [9.17, 15) is 0 Å². The van der Waals surface area contributed by atoms with Crippen molar-refractivity contribution in [1.82, 2.24) is 4.57 Å². The first kappa shape index (κ1) is 48.3. The molecule has 0 saturated heterocycles. The van der Waals surface area contributed by atoms with Crippen molar-refractivity contribution in [2.75, 3.05) is 4.90 Å². The van der Waals surface area contributed by atoms with Gasteiger partial charge in [0, 0.05) is 33.3 Å². The first-order valence-corrected chi connectivity index (χ1v) is 28.2. The van der Waals surface area contributed by atoms with Gasteiger partial charge >= 0.3 is 0 Å². The number of nitrogens with zero attached hydrogens (tertiary/aromatic N) is 2. The molecule has 0 saturated carbocycles. The monoisotopic (exact) mass is 1040 g/mol. The summed E-state index contributed by atoms with van der Waals surface area (Å²) in [5.74, 6) is 0. The number of benzene rings is 14. The summed E-state index contributed by atoms with van der Waals surface area (Å²) in [5.41, 5.74) is 23.3. The molecule has 15 rings (SSSR count). The van der Waals surface area contributed by atoms with E-state index in [1.54, 1.807) is 0 Å². The van der Waals surface area contributed by atoms with E-state index in [1.807, 2.05) is 0 Å². The van der Waals surface area contributed by atoms with Gasteiger partial charge in [-0.15, -0.1) is 0 Å². The van der Waals surface area contributed by atoms with Crippen molar-refractivity contribution in [3.8, 4) is 83.6 Å². The van der Waals surface area contributed by atoms with Crippen LogP contribution in [0.3, 0.4) is 0 Å². The molecule has 2 nitrogen and oxygen atoms in total. The quantitative estimate of drug-likeness (QED) is 0.125. The minimum atomic E-state index is 1.05. The summed E-state index contributed by atoms with van der Waals surface area (Å²) in [5, 5.41) is 7.34. The number of hydrogen-bond acceptors (Lipinski definition) is 1. The van der Waals surface area contributed by atoms with Crippen LogP contribution >= 0.6 is 0 Å². The number of hydrogen-bond donors (Lipinski definition) is 0. The second-order valence-corrected chi connectivity index (χ2v) is 21.1. The highest BCUT2D eigenvalue weighted by molar-refractivity contribution is 6.11. The van der Waals surface area contributed by atoms with Gasteiger partial charge in [-0.1, -0.05) is 279 Å². The van der Waals surface area contributed by atoms with Gasteiger partial charge in [0.1, 0.15) is 0 Å². The molecule has 1 aromatic heterocycles. The molecule has 82 heavy (non-hydrogen) atoms. The molecule has 0 bridgehead atoms. The third-order valence-corrected chi connectivity index (χ3v) is 16.5. The molecular formula is C80H54N2.